The summed E-state index contributed by atoms with van der Waals surface area (Å²) in [4.78, 5) is 0. The van der Waals surface area contributed by atoms with Crippen molar-refractivity contribution in [1.29, 1.82) is 0 Å². The second kappa shape index (κ2) is 5.53. The molecule has 0 bridgehead atoms. The second-order valence-electron chi connectivity index (χ2n) is 5.31. The highest BCUT2D eigenvalue weighted by Gasteiger charge is 2.29. The van der Waals surface area contributed by atoms with Gasteiger partial charge in [0.2, 0.25) is 0 Å². The van der Waals surface area contributed by atoms with Crippen molar-refractivity contribution < 1.29 is 0 Å². The molecule has 0 spiro atoms. The standard InChI is InChI=1S/C14H15N7S/c1-20-13(10-7-8-10)16-17-14(20)22-9-12-15-18-19-21(12)11-5-3-2-4-6-11/h2-6,10H,7-9H2,1H3. The van der Waals surface area contributed by atoms with E-state index in [4.69, 9.17) is 0 Å². The Morgan fingerprint density at radius 1 is 1.14 bits per heavy atom. The number of benzene rings is 1. The van der Waals surface area contributed by atoms with Gasteiger partial charge in [-0.2, -0.15) is 4.68 Å². The van der Waals surface area contributed by atoms with Crippen molar-refractivity contribution in [3.8, 4) is 5.69 Å². The summed E-state index contributed by atoms with van der Waals surface area (Å²) >= 11 is 1.61. The molecular weight excluding hydrogens is 298 g/mol. The van der Waals surface area contributed by atoms with Crippen LogP contribution in [-0.2, 0) is 12.8 Å². The zero-order valence-corrected chi connectivity index (χ0v) is 12.9. The van der Waals surface area contributed by atoms with E-state index in [-0.39, 0.29) is 0 Å². The summed E-state index contributed by atoms with van der Waals surface area (Å²) in [6.45, 7) is 0. The Labute approximate surface area is 131 Å². The number of rotatable bonds is 5. The second-order valence-corrected chi connectivity index (χ2v) is 6.25. The molecule has 1 saturated carbocycles. The number of hydrogen-bond acceptors (Lipinski definition) is 6. The Balaban J connectivity index is 1.52. The third-order valence-electron chi connectivity index (χ3n) is 3.68. The molecule has 0 aliphatic heterocycles. The Bertz CT molecular complexity index is 776. The van der Waals surface area contributed by atoms with Crippen LogP contribution < -0.4 is 0 Å². The topological polar surface area (TPSA) is 74.3 Å². The van der Waals surface area contributed by atoms with E-state index in [2.05, 4.69) is 30.3 Å². The van der Waals surface area contributed by atoms with Crippen molar-refractivity contribution >= 4 is 11.8 Å². The summed E-state index contributed by atoms with van der Waals surface area (Å²) in [6.07, 6.45) is 2.45. The molecule has 0 N–H and O–H groups in total. The average molecular weight is 313 g/mol. The van der Waals surface area contributed by atoms with Gasteiger partial charge in [-0.25, -0.2) is 0 Å². The van der Waals surface area contributed by atoms with Crippen LogP contribution in [0.5, 0.6) is 0 Å². The van der Waals surface area contributed by atoms with Gasteiger partial charge in [0, 0.05) is 13.0 Å². The maximum absolute atomic E-state index is 4.29. The molecule has 0 saturated heterocycles. The van der Waals surface area contributed by atoms with Crippen LogP contribution >= 0.6 is 11.8 Å². The summed E-state index contributed by atoms with van der Waals surface area (Å²) in [7, 11) is 2.02. The van der Waals surface area contributed by atoms with Gasteiger partial charge in [-0.15, -0.1) is 15.3 Å². The molecule has 3 aromatic rings. The summed E-state index contributed by atoms with van der Waals surface area (Å²) in [5, 5.41) is 21.4. The Kier molecular flexibility index (Phi) is 3.38. The first-order chi connectivity index (χ1) is 10.8. The van der Waals surface area contributed by atoms with E-state index in [1.165, 1.54) is 12.8 Å². The lowest BCUT2D eigenvalue weighted by Crippen LogP contribution is -2.03. The largest absolute Gasteiger partial charge is 0.309 e. The minimum Gasteiger partial charge on any atom is -0.309 e. The lowest BCUT2D eigenvalue weighted by atomic mass is 10.3. The smallest absolute Gasteiger partial charge is 0.191 e. The quantitative estimate of drug-likeness (QED) is 0.670. The highest BCUT2D eigenvalue weighted by molar-refractivity contribution is 7.98. The van der Waals surface area contributed by atoms with Crippen molar-refractivity contribution in [2.75, 3.05) is 0 Å². The first-order valence-electron chi connectivity index (χ1n) is 7.17. The summed E-state index contributed by atoms with van der Waals surface area (Å²) in [5.74, 6) is 3.14. The number of aromatic nitrogens is 7. The lowest BCUT2D eigenvalue weighted by Gasteiger charge is -2.04. The molecule has 2 heterocycles. The van der Waals surface area contributed by atoms with Gasteiger partial charge in [0.05, 0.1) is 11.4 Å². The molecule has 2 aromatic heterocycles. The van der Waals surface area contributed by atoms with Crippen molar-refractivity contribution in [3.63, 3.8) is 0 Å². The third kappa shape index (κ3) is 2.50. The van der Waals surface area contributed by atoms with Gasteiger partial charge in [0.25, 0.3) is 0 Å². The lowest BCUT2D eigenvalue weighted by molar-refractivity contribution is 0.735. The van der Waals surface area contributed by atoms with Gasteiger partial charge < -0.3 is 4.57 Å². The normalized spacial score (nSPS) is 14.4. The van der Waals surface area contributed by atoms with Gasteiger partial charge in [-0.1, -0.05) is 30.0 Å². The zero-order chi connectivity index (χ0) is 14.9. The highest BCUT2D eigenvalue weighted by Crippen LogP contribution is 2.39. The first kappa shape index (κ1) is 13.4. The fourth-order valence-corrected chi connectivity index (χ4v) is 3.17. The number of nitrogens with zero attached hydrogens (tertiary/aromatic N) is 7. The van der Waals surface area contributed by atoms with E-state index in [0.717, 1.165) is 22.5 Å². The molecule has 1 aromatic carbocycles. The zero-order valence-electron chi connectivity index (χ0n) is 12.1. The Hall–Kier alpha value is -2.22. The summed E-state index contributed by atoms with van der Waals surface area (Å²) < 4.78 is 3.84. The number of hydrogen-bond donors (Lipinski definition) is 0. The Morgan fingerprint density at radius 3 is 2.73 bits per heavy atom. The Morgan fingerprint density at radius 2 is 1.95 bits per heavy atom. The van der Waals surface area contributed by atoms with Crippen molar-refractivity contribution in [3.05, 3.63) is 42.0 Å². The van der Waals surface area contributed by atoms with E-state index in [0.29, 0.717) is 11.7 Å². The van der Waals surface area contributed by atoms with Gasteiger partial charge in [-0.05, 0) is 35.4 Å². The van der Waals surface area contributed by atoms with Crippen LogP contribution in [0.25, 0.3) is 5.69 Å². The fraction of sp³-hybridized carbons (Fsp3) is 0.357. The molecule has 0 atom stereocenters. The average Bonchev–Trinajstić information content (AvgIpc) is 3.17. The number of tetrazole rings is 1. The summed E-state index contributed by atoms with van der Waals surface area (Å²) in [6, 6.07) is 9.88. The molecule has 1 fully saturated rings. The van der Waals surface area contributed by atoms with E-state index >= 15 is 0 Å². The van der Waals surface area contributed by atoms with Crippen LogP contribution in [0.4, 0.5) is 0 Å². The van der Waals surface area contributed by atoms with E-state index in [9.17, 15) is 0 Å². The van der Waals surface area contributed by atoms with Crippen LogP contribution in [0.15, 0.2) is 35.5 Å². The molecule has 0 unspecified atom stereocenters. The molecule has 112 valence electrons. The molecule has 0 radical (unpaired) electrons. The molecule has 1 aliphatic rings. The molecular formula is C14H15N7S. The predicted molar refractivity (Wildman–Crippen MR) is 81.7 cm³/mol. The van der Waals surface area contributed by atoms with Gasteiger partial charge in [0.15, 0.2) is 11.0 Å². The van der Waals surface area contributed by atoms with E-state index in [1.807, 2.05) is 37.4 Å². The number of thioether (sulfide) groups is 1. The SMILES string of the molecule is Cn1c(SCc2nnnn2-c2ccccc2)nnc1C1CC1. The summed E-state index contributed by atoms with van der Waals surface area (Å²) in [5.41, 5.74) is 0.958. The minimum atomic E-state index is 0.599. The maximum Gasteiger partial charge on any atom is 0.191 e. The first-order valence-corrected chi connectivity index (χ1v) is 8.16. The van der Waals surface area contributed by atoms with Crippen molar-refractivity contribution in [2.24, 2.45) is 7.05 Å². The predicted octanol–water partition coefficient (Wildman–Crippen LogP) is 1.96. The minimum absolute atomic E-state index is 0.599. The van der Waals surface area contributed by atoms with Gasteiger partial charge in [0.1, 0.15) is 5.82 Å². The maximum atomic E-state index is 4.29. The van der Waals surface area contributed by atoms with E-state index < -0.39 is 0 Å². The monoisotopic (exact) mass is 313 g/mol. The molecule has 7 nitrogen and oxygen atoms in total. The molecule has 4 rings (SSSR count). The van der Waals surface area contributed by atoms with Crippen LogP contribution in [0.3, 0.4) is 0 Å². The van der Waals surface area contributed by atoms with Crippen LogP contribution in [0.1, 0.15) is 30.4 Å². The molecule has 22 heavy (non-hydrogen) atoms. The van der Waals surface area contributed by atoms with Crippen LogP contribution in [0.2, 0.25) is 0 Å². The van der Waals surface area contributed by atoms with Gasteiger partial charge in [-0.3, -0.25) is 0 Å². The number of para-hydroxylation sites is 1. The third-order valence-corrected chi connectivity index (χ3v) is 4.69. The van der Waals surface area contributed by atoms with Crippen LogP contribution in [-0.4, -0.2) is 35.0 Å². The molecule has 8 heteroatoms. The van der Waals surface area contributed by atoms with Crippen LogP contribution in [0, 0.1) is 0 Å². The van der Waals surface area contributed by atoms with E-state index in [1.54, 1.807) is 16.4 Å². The van der Waals surface area contributed by atoms with Crippen molar-refractivity contribution in [1.82, 2.24) is 35.0 Å². The fourth-order valence-electron chi connectivity index (χ4n) is 2.34. The van der Waals surface area contributed by atoms with Gasteiger partial charge >= 0.3 is 0 Å². The molecule has 1 aliphatic carbocycles. The van der Waals surface area contributed by atoms with Crippen molar-refractivity contribution in [2.45, 2.75) is 29.7 Å². The highest BCUT2D eigenvalue weighted by atomic mass is 32.2. The molecule has 0 amide bonds.